The fourth-order valence-corrected chi connectivity index (χ4v) is 4.99. The molecular formula is C21H22ClN3O2S. The van der Waals surface area contributed by atoms with Gasteiger partial charge in [0.25, 0.3) is 0 Å². The second-order valence-corrected chi connectivity index (χ2v) is 9.20. The van der Waals surface area contributed by atoms with Gasteiger partial charge >= 0.3 is 0 Å². The van der Waals surface area contributed by atoms with Crippen molar-refractivity contribution in [2.24, 2.45) is 5.41 Å². The molecule has 1 aliphatic rings. The second kappa shape index (κ2) is 7.43. The van der Waals surface area contributed by atoms with Gasteiger partial charge in [-0.2, -0.15) is 0 Å². The van der Waals surface area contributed by atoms with Gasteiger partial charge in [-0.1, -0.05) is 42.0 Å². The molecule has 0 bridgehead atoms. The van der Waals surface area contributed by atoms with Crippen LogP contribution >= 0.6 is 22.9 Å². The van der Waals surface area contributed by atoms with Crippen LogP contribution in [0.15, 0.2) is 36.7 Å². The maximum absolute atomic E-state index is 12.9. The van der Waals surface area contributed by atoms with Crippen molar-refractivity contribution in [3.8, 4) is 10.4 Å². The van der Waals surface area contributed by atoms with Gasteiger partial charge in [-0.3, -0.25) is 4.79 Å². The van der Waals surface area contributed by atoms with E-state index in [1.807, 2.05) is 39.0 Å². The third-order valence-corrected chi connectivity index (χ3v) is 6.36. The van der Waals surface area contributed by atoms with Crippen LogP contribution in [0, 0.1) is 5.41 Å². The first-order valence-corrected chi connectivity index (χ1v) is 10.5. The second-order valence-electron chi connectivity index (χ2n) is 7.78. The van der Waals surface area contributed by atoms with Crippen molar-refractivity contribution in [1.82, 2.24) is 9.97 Å². The van der Waals surface area contributed by atoms with Crippen LogP contribution in [0.2, 0.25) is 5.15 Å². The van der Waals surface area contributed by atoms with E-state index < -0.39 is 5.41 Å². The number of hydrogen-bond acceptors (Lipinski definition) is 5. The Morgan fingerprint density at radius 3 is 2.68 bits per heavy atom. The van der Waals surface area contributed by atoms with Gasteiger partial charge < -0.3 is 10.1 Å². The average Bonchev–Trinajstić information content (AvgIpc) is 3.08. The Labute approximate surface area is 173 Å². The molecule has 4 rings (SSSR count). The lowest BCUT2D eigenvalue weighted by molar-refractivity contribution is -0.139. The Kier molecular flexibility index (Phi) is 5.12. The molecule has 7 heteroatoms. The van der Waals surface area contributed by atoms with Crippen LogP contribution in [0.5, 0.6) is 0 Å². The fraction of sp³-hybridized carbons (Fsp3) is 0.381. The number of carbonyl (C=O) groups excluding carboxylic acids is 1. The van der Waals surface area contributed by atoms with Crippen molar-refractivity contribution in [3.05, 3.63) is 41.8 Å². The van der Waals surface area contributed by atoms with Gasteiger partial charge in [-0.15, -0.1) is 0 Å². The number of ether oxygens (including phenoxy) is 1. The molecule has 1 fully saturated rings. The standard InChI is InChI=1S/C21H22ClN3O2S/c1-12-8-21(3,9-13(2)27-12)19(26)25-20-24-11-17(28-20)14-4-5-15-10-23-18(22)7-16(15)6-14/h4-7,10-13H,8-9H2,1-3H3,(H,24,25,26). The molecule has 146 valence electrons. The van der Waals surface area contributed by atoms with Crippen LogP contribution in [-0.2, 0) is 9.53 Å². The van der Waals surface area contributed by atoms with Crippen molar-refractivity contribution < 1.29 is 9.53 Å². The molecule has 1 N–H and O–H groups in total. The zero-order valence-electron chi connectivity index (χ0n) is 16.0. The van der Waals surface area contributed by atoms with Gasteiger partial charge in [0.05, 0.1) is 22.5 Å². The summed E-state index contributed by atoms with van der Waals surface area (Å²) in [6, 6.07) is 7.95. The van der Waals surface area contributed by atoms with E-state index in [2.05, 4.69) is 21.4 Å². The van der Waals surface area contributed by atoms with Crippen LogP contribution in [0.25, 0.3) is 21.2 Å². The summed E-state index contributed by atoms with van der Waals surface area (Å²) in [7, 11) is 0. The lowest BCUT2D eigenvalue weighted by atomic mass is 9.77. The highest BCUT2D eigenvalue weighted by Crippen LogP contribution is 2.38. The third-order valence-electron chi connectivity index (χ3n) is 5.19. The van der Waals surface area contributed by atoms with E-state index in [1.54, 1.807) is 12.4 Å². The Balaban J connectivity index is 1.54. The van der Waals surface area contributed by atoms with Crippen molar-refractivity contribution in [2.75, 3.05) is 5.32 Å². The third kappa shape index (κ3) is 3.90. The SMILES string of the molecule is CC1CC(C)(C(=O)Nc2ncc(-c3ccc4cnc(Cl)cc4c3)s2)CC(C)O1. The number of nitrogens with zero attached hydrogens (tertiary/aromatic N) is 2. The average molecular weight is 416 g/mol. The van der Waals surface area contributed by atoms with E-state index in [4.69, 9.17) is 16.3 Å². The van der Waals surface area contributed by atoms with Crippen LogP contribution in [0.4, 0.5) is 5.13 Å². The molecule has 0 radical (unpaired) electrons. The van der Waals surface area contributed by atoms with Crippen LogP contribution < -0.4 is 5.32 Å². The Hall–Kier alpha value is -2.02. The quantitative estimate of drug-likeness (QED) is 0.570. The summed E-state index contributed by atoms with van der Waals surface area (Å²) in [6.07, 6.45) is 5.12. The molecule has 3 heterocycles. The molecule has 28 heavy (non-hydrogen) atoms. The first-order valence-electron chi connectivity index (χ1n) is 9.31. The number of anilines is 1. The summed E-state index contributed by atoms with van der Waals surface area (Å²) < 4.78 is 5.78. The molecule has 2 aromatic heterocycles. The normalized spacial score (nSPS) is 25.0. The van der Waals surface area contributed by atoms with Crippen molar-refractivity contribution in [1.29, 1.82) is 0 Å². The molecule has 0 saturated carbocycles. The van der Waals surface area contributed by atoms with Gasteiger partial charge in [0.2, 0.25) is 5.91 Å². The molecule has 5 nitrogen and oxygen atoms in total. The van der Waals surface area contributed by atoms with E-state index in [9.17, 15) is 4.79 Å². The first-order chi connectivity index (χ1) is 13.3. The molecule has 1 aliphatic heterocycles. The molecule has 3 aromatic rings. The molecule has 2 unspecified atom stereocenters. The number of nitrogens with one attached hydrogen (secondary N) is 1. The smallest absolute Gasteiger partial charge is 0.232 e. The van der Waals surface area contributed by atoms with Gasteiger partial charge in [-0.25, -0.2) is 9.97 Å². The highest BCUT2D eigenvalue weighted by molar-refractivity contribution is 7.19. The summed E-state index contributed by atoms with van der Waals surface area (Å²) in [5, 5.41) is 6.14. The number of benzene rings is 1. The van der Waals surface area contributed by atoms with E-state index >= 15 is 0 Å². The van der Waals surface area contributed by atoms with E-state index in [1.165, 1.54) is 11.3 Å². The Morgan fingerprint density at radius 2 is 1.93 bits per heavy atom. The van der Waals surface area contributed by atoms with E-state index in [0.29, 0.717) is 23.1 Å². The van der Waals surface area contributed by atoms with Crippen molar-refractivity contribution >= 4 is 44.7 Å². The van der Waals surface area contributed by atoms with Crippen LogP contribution in [0.3, 0.4) is 0 Å². The molecule has 0 aliphatic carbocycles. The Bertz CT molecular complexity index is 1030. The zero-order chi connectivity index (χ0) is 19.9. The number of halogens is 1. The van der Waals surface area contributed by atoms with Crippen LogP contribution in [-0.4, -0.2) is 28.1 Å². The lowest BCUT2D eigenvalue weighted by Gasteiger charge is -2.38. The number of thiazole rings is 1. The van der Waals surface area contributed by atoms with Gasteiger partial charge in [-0.05, 0) is 49.8 Å². The molecule has 2 atom stereocenters. The minimum Gasteiger partial charge on any atom is -0.375 e. The number of pyridine rings is 1. The molecule has 1 aromatic carbocycles. The van der Waals surface area contributed by atoms with Crippen molar-refractivity contribution in [2.45, 2.75) is 45.8 Å². The maximum Gasteiger partial charge on any atom is 0.232 e. The van der Waals surface area contributed by atoms with E-state index in [-0.39, 0.29) is 18.1 Å². The number of fused-ring (bicyclic) bond motifs is 1. The lowest BCUT2D eigenvalue weighted by Crippen LogP contribution is -2.44. The highest BCUT2D eigenvalue weighted by Gasteiger charge is 2.41. The Morgan fingerprint density at radius 1 is 1.18 bits per heavy atom. The largest absolute Gasteiger partial charge is 0.375 e. The summed E-state index contributed by atoms with van der Waals surface area (Å²) in [6.45, 7) is 6.04. The monoisotopic (exact) mass is 415 g/mol. The molecule has 1 amide bonds. The number of aromatic nitrogens is 2. The predicted octanol–water partition coefficient (Wildman–Crippen LogP) is 5.54. The van der Waals surface area contributed by atoms with Gasteiger partial charge in [0.15, 0.2) is 5.13 Å². The van der Waals surface area contributed by atoms with Crippen LogP contribution in [0.1, 0.15) is 33.6 Å². The summed E-state index contributed by atoms with van der Waals surface area (Å²) in [4.78, 5) is 22.4. The number of rotatable bonds is 3. The number of carbonyl (C=O) groups is 1. The van der Waals surface area contributed by atoms with Crippen molar-refractivity contribution in [3.63, 3.8) is 0 Å². The highest BCUT2D eigenvalue weighted by atomic mass is 35.5. The minimum absolute atomic E-state index is 0.00627. The molecule has 1 saturated heterocycles. The van der Waals surface area contributed by atoms with Gasteiger partial charge in [0, 0.05) is 17.8 Å². The first kappa shape index (κ1) is 19.3. The summed E-state index contributed by atoms with van der Waals surface area (Å²) in [5.41, 5.74) is 0.586. The number of hydrogen-bond donors (Lipinski definition) is 1. The fourth-order valence-electron chi connectivity index (χ4n) is 4.01. The maximum atomic E-state index is 12.9. The topological polar surface area (TPSA) is 64.1 Å². The number of amides is 1. The zero-order valence-corrected chi connectivity index (χ0v) is 17.6. The van der Waals surface area contributed by atoms with E-state index in [0.717, 1.165) is 21.2 Å². The predicted molar refractivity (Wildman–Crippen MR) is 114 cm³/mol. The van der Waals surface area contributed by atoms with Gasteiger partial charge in [0.1, 0.15) is 5.15 Å². The minimum atomic E-state index is -0.449. The summed E-state index contributed by atoms with van der Waals surface area (Å²) in [5.74, 6) is 0.00627. The summed E-state index contributed by atoms with van der Waals surface area (Å²) >= 11 is 7.48. The molecular weight excluding hydrogens is 394 g/mol. The molecule has 0 spiro atoms.